The molecule has 0 spiro atoms. The van der Waals surface area contributed by atoms with Gasteiger partial charge in [0.1, 0.15) is 0 Å². The highest BCUT2D eigenvalue weighted by Crippen LogP contribution is 2.41. The number of nitrogens with one attached hydrogen (secondary N) is 1. The Kier molecular flexibility index (Phi) is 5.40. The van der Waals surface area contributed by atoms with Crippen molar-refractivity contribution < 1.29 is 0 Å². The Labute approximate surface area is 129 Å². The van der Waals surface area contributed by atoms with Gasteiger partial charge in [0.15, 0.2) is 0 Å². The Balaban J connectivity index is 2.43. The van der Waals surface area contributed by atoms with Gasteiger partial charge in [-0.2, -0.15) is 0 Å². The average molecular weight is 287 g/mol. The highest BCUT2D eigenvalue weighted by atomic mass is 15.2. The van der Waals surface area contributed by atoms with Crippen molar-refractivity contribution in [3.63, 3.8) is 0 Å². The van der Waals surface area contributed by atoms with Crippen molar-refractivity contribution in [3.8, 4) is 0 Å². The summed E-state index contributed by atoms with van der Waals surface area (Å²) in [4.78, 5) is 7.01. The van der Waals surface area contributed by atoms with Gasteiger partial charge in [-0.25, -0.2) is 0 Å². The van der Waals surface area contributed by atoms with Gasteiger partial charge in [0.05, 0.1) is 0 Å². The largest absolute Gasteiger partial charge is 0.369 e. The minimum absolute atomic E-state index is 0.530. The molecule has 0 aromatic carbocycles. The van der Waals surface area contributed by atoms with Crippen LogP contribution in [0.3, 0.4) is 0 Å². The van der Waals surface area contributed by atoms with Crippen LogP contribution in [-0.2, 0) is 0 Å². The Hall–Kier alpha value is -1.35. The van der Waals surface area contributed by atoms with Crippen LogP contribution >= 0.6 is 0 Å². The number of piperazine rings is 1. The van der Waals surface area contributed by atoms with Crippen LogP contribution in [0.15, 0.2) is 40.7 Å². The predicted molar refractivity (Wildman–Crippen MR) is 91.5 cm³/mol. The third-order valence-corrected chi connectivity index (χ3v) is 4.56. The van der Waals surface area contributed by atoms with Gasteiger partial charge in [0, 0.05) is 48.9 Å². The van der Waals surface area contributed by atoms with E-state index in [0.29, 0.717) is 6.04 Å². The first-order valence-electron chi connectivity index (χ1n) is 8.10. The zero-order valence-corrected chi connectivity index (χ0v) is 13.9. The fourth-order valence-corrected chi connectivity index (χ4v) is 3.34. The molecule has 0 radical (unpaired) electrons. The van der Waals surface area contributed by atoms with Gasteiger partial charge in [0.2, 0.25) is 0 Å². The van der Waals surface area contributed by atoms with E-state index in [2.05, 4.69) is 55.6 Å². The average Bonchev–Trinajstić information content (AvgIpc) is 3.29. The molecular weight excluding hydrogens is 258 g/mol. The Morgan fingerprint density at radius 3 is 2.57 bits per heavy atom. The zero-order valence-electron chi connectivity index (χ0n) is 13.9. The van der Waals surface area contributed by atoms with E-state index in [1.165, 1.54) is 29.7 Å². The van der Waals surface area contributed by atoms with Gasteiger partial charge < -0.3 is 10.2 Å². The topological polar surface area (TPSA) is 27.6 Å². The standard InChI is InChI=1S/C18H29N3/c1-6-17(16-8-9-16)18(14(4)20-7-2)15(5)21-11-10-19-12-13(21)3/h6-7,13,16,19H,2,8-12H2,1,3-5H3/b17-6-,18-15-,20-14?. The van der Waals surface area contributed by atoms with E-state index in [9.17, 15) is 0 Å². The Morgan fingerprint density at radius 2 is 2.05 bits per heavy atom. The molecule has 2 rings (SSSR count). The van der Waals surface area contributed by atoms with E-state index in [1.807, 2.05) is 0 Å². The van der Waals surface area contributed by atoms with Crippen molar-refractivity contribution in [2.75, 3.05) is 19.6 Å². The summed E-state index contributed by atoms with van der Waals surface area (Å²) in [5, 5.41) is 3.47. The first-order chi connectivity index (χ1) is 10.1. The quantitative estimate of drug-likeness (QED) is 0.619. The van der Waals surface area contributed by atoms with Gasteiger partial charge in [0.25, 0.3) is 0 Å². The summed E-state index contributed by atoms with van der Waals surface area (Å²) in [6.07, 6.45) is 6.57. The van der Waals surface area contributed by atoms with Crippen LogP contribution in [0.2, 0.25) is 0 Å². The summed E-state index contributed by atoms with van der Waals surface area (Å²) in [7, 11) is 0. The van der Waals surface area contributed by atoms with Gasteiger partial charge in [-0.3, -0.25) is 4.99 Å². The molecule has 0 aromatic rings. The van der Waals surface area contributed by atoms with Crippen molar-refractivity contribution in [1.82, 2.24) is 10.2 Å². The number of nitrogens with zero attached hydrogens (tertiary/aromatic N) is 2. The second-order valence-corrected chi connectivity index (χ2v) is 6.12. The number of rotatable bonds is 5. The molecule has 0 aromatic heterocycles. The maximum absolute atomic E-state index is 4.48. The summed E-state index contributed by atoms with van der Waals surface area (Å²) >= 11 is 0. The lowest BCUT2D eigenvalue weighted by atomic mass is 9.94. The van der Waals surface area contributed by atoms with E-state index >= 15 is 0 Å². The fourth-order valence-electron chi connectivity index (χ4n) is 3.34. The summed E-state index contributed by atoms with van der Waals surface area (Å²) in [5.41, 5.74) is 5.27. The molecule has 0 amide bonds. The monoisotopic (exact) mass is 287 g/mol. The number of allylic oxidation sites excluding steroid dienone is 4. The molecule has 2 fully saturated rings. The van der Waals surface area contributed by atoms with E-state index in [-0.39, 0.29) is 0 Å². The molecule has 21 heavy (non-hydrogen) atoms. The highest BCUT2D eigenvalue weighted by Gasteiger charge is 2.31. The Bertz CT molecular complexity index is 481. The van der Waals surface area contributed by atoms with Crippen molar-refractivity contribution in [3.05, 3.63) is 35.7 Å². The third-order valence-electron chi connectivity index (χ3n) is 4.56. The first kappa shape index (κ1) is 16.0. The lowest BCUT2D eigenvalue weighted by Gasteiger charge is -2.38. The summed E-state index contributed by atoms with van der Waals surface area (Å²) in [5.74, 6) is 0.730. The van der Waals surface area contributed by atoms with Crippen LogP contribution in [-0.4, -0.2) is 36.3 Å². The number of hydrogen-bond acceptors (Lipinski definition) is 3. The molecule has 116 valence electrons. The second-order valence-electron chi connectivity index (χ2n) is 6.12. The van der Waals surface area contributed by atoms with Gasteiger partial charge in [-0.1, -0.05) is 12.7 Å². The van der Waals surface area contributed by atoms with Gasteiger partial charge >= 0.3 is 0 Å². The number of aliphatic imine (C=N–C) groups is 1. The van der Waals surface area contributed by atoms with E-state index in [4.69, 9.17) is 0 Å². The minimum atomic E-state index is 0.530. The normalized spacial score (nSPS) is 25.7. The molecule has 1 saturated carbocycles. The van der Waals surface area contributed by atoms with Crippen molar-refractivity contribution in [2.45, 2.75) is 46.6 Å². The smallest absolute Gasteiger partial charge is 0.0464 e. The van der Waals surface area contributed by atoms with Crippen molar-refractivity contribution in [1.29, 1.82) is 0 Å². The number of hydrogen-bond donors (Lipinski definition) is 1. The molecule has 1 aliphatic carbocycles. The highest BCUT2D eigenvalue weighted by molar-refractivity contribution is 6.03. The Morgan fingerprint density at radius 1 is 1.33 bits per heavy atom. The molecule has 1 N–H and O–H groups in total. The molecule has 1 saturated heterocycles. The molecular formula is C18H29N3. The summed E-state index contributed by atoms with van der Waals surface area (Å²) in [6, 6.07) is 0.530. The van der Waals surface area contributed by atoms with E-state index in [1.54, 1.807) is 6.20 Å². The molecule has 1 heterocycles. The van der Waals surface area contributed by atoms with Crippen LogP contribution in [0.5, 0.6) is 0 Å². The van der Waals surface area contributed by atoms with E-state index < -0.39 is 0 Å². The molecule has 3 heteroatoms. The van der Waals surface area contributed by atoms with Crippen LogP contribution in [0.4, 0.5) is 0 Å². The van der Waals surface area contributed by atoms with Crippen LogP contribution in [0, 0.1) is 5.92 Å². The van der Waals surface area contributed by atoms with Crippen LogP contribution in [0.1, 0.15) is 40.5 Å². The predicted octanol–water partition coefficient (Wildman–Crippen LogP) is 3.51. The van der Waals surface area contributed by atoms with Crippen molar-refractivity contribution >= 4 is 5.71 Å². The summed E-state index contributed by atoms with van der Waals surface area (Å²) in [6.45, 7) is 15.8. The third kappa shape index (κ3) is 3.65. The van der Waals surface area contributed by atoms with Crippen LogP contribution in [0.25, 0.3) is 0 Å². The molecule has 3 nitrogen and oxygen atoms in total. The first-order valence-corrected chi connectivity index (χ1v) is 8.10. The molecule has 0 bridgehead atoms. The second kappa shape index (κ2) is 7.08. The minimum Gasteiger partial charge on any atom is -0.369 e. The molecule has 1 unspecified atom stereocenters. The fraction of sp³-hybridized carbons (Fsp3) is 0.611. The maximum Gasteiger partial charge on any atom is 0.0464 e. The maximum atomic E-state index is 4.48. The summed E-state index contributed by atoms with van der Waals surface area (Å²) < 4.78 is 0. The van der Waals surface area contributed by atoms with E-state index in [0.717, 1.165) is 31.3 Å². The zero-order chi connectivity index (χ0) is 15.4. The van der Waals surface area contributed by atoms with Gasteiger partial charge in [-0.15, -0.1) is 0 Å². The molecule has 1 atom stereocenters. The lowest BCUT2D eigenvalue weighted by molar-refractivity contribution is 0.223. The van der Waals surface area contributed by atoms with Crippen LogP contribution < -0.4 is 5.32 Å². The molecule has 2 aliphatic rings. The molecule has 1 aliphatic heterocycles. The van der Waals surface area contributed by atoms with Crippen molar-refractivity contribution in [2.24, 2.45) is 10.9 Å². The lowest BCUT2D eigenvalue weighted by Crippen LogP contribution is -2.49. The van der Waals surface area contributed by atoms with Gasteiger partial charge in [-0.05, 0) is 52.0 Å². The SMILES string of the molecule is C=CN=C(C)C(/C(=C\C)C1CC1)=C(\C)N1CCNCC1C.